The van der Waals surface area contributed by atoms with Gasteiger partial charge in [0.2, 0.25) is 0 Å². The Balaban J connectivity index is 2.53. The maximum Gasteiger partial charge on any atom is 0.357 e. The molecule has 2 rings (SSSR count). The Morgan fingerprint density at radius 3 is 2.81 bits per heavy atom. The molecule has 0 atom stereocenters. The summed E-state index contributed by atoms with van der Waals surface area (Å²) in [6, 6.07) is 7.19. The number of hydrogen-bond donors (Lipinski definition) is 2. The molecule has 0 saturated carbocycles. The van der Waals surface area contributed by atoms with E-state index in [1.54, 1.807) is 16.8 Å². The molecule has 0 unspecified atom stereocenters. The van der Waals surface area contributed by atoms with Crippen molar-refractivity contribution in [2.75, 3.05) is 6.61 Å². The molecular formula is C11H12N2O3. The van der Waals surface area contributed by atoms with Gasteiger partial charge in [0.15, 0.2) is 5.69 Å². The van der Waals surface area contributed by atoms with E-state index >= 15 is 0 Å². The van der Waals surface area contributed by atoms with Crippen molar-refractivity contribution < 1.29 is 15.0 Å². The smallest absolute Gasteiger partial charge is 0.357 e. The third-order valence-electron chi connectivity index (χ3n) is 2.39. The predicted molar refractivity (Wildman–Crippen MR) is 58.4 cm³/mol. The molecule has 2 N–H and O–H groups in total. The number of aromatic carboxylic acids is 1. The molecule has 84 valence electrons. The van der Waals surface area contributed by atoms with Crippen LogP contribution >= 0.6 is 0 Å². The minimum absolute atomic E-state index is 0.0635. The largest absolute Gasteiger partial charge is 0.476 e. The van der Waals surface area contributed by atoms with Crippen molar-refractivity contribution in [3.8, 4) is 0 Å². The second kappa shape index (κ2) is 4.32. The highest BCUT2D eigenvalue weighted by Crippen LogP contribution is 2.18. The number of benzene rings is 1. The van der Waals surface area contributed by atoms with Crippen LogP contribution in [0.2, 0.25) is 0 Å². The minimum atomic E-state index is -1.03. The van der Waals surface area contributed by atoms with E-state index in [4.69, 9.17) is 10.2 Å². The normalized spacial score (nSPS) is 10.8. The highest BCUT2D eigenvalue weighted by Gasteiger charge is 2.15. The first-order valence-electron chi connectivity index (χ1n) is 5.03. The van der Waals surface area contributed by atoms with Crippen molar-refractivity contribution in [2.45, 2.75) is 13.0 Å². The molecule has 16 heavy (non-hydrogen) atoms. The molecule has 0 aliphatic heterocycles. The number of rotatable bonds is 4. The Hall–Kier alpha value is -1.88. The fourth-order valence-corrected chi connectivity index (χ4v) is 1.68. The van der Waals surface area contributed by atoms with Gasteiger partial charge < -0.3 is 10.2 Å². The number of para-hydroxylation sites is 1. The predicted octanol–water partition coefficient (Wildman–Crippen LogP) is 1.12. The van der Waals surface area contributed by atoms with Crippen LogP contribution in [0.1, 0.15) is 16.9 Å². The van der Waals surface area contributed by atoms with Gasteiger partial charge in [0, 0.05) is 18.5 Å². The molecule has 0 aliphatic rings. The van der Waals surface area contributed by atoms with Crippen molar-refractivity contribution in [3.63, 3.8) is 0 Å². The van der Waals surface area contributed by atoms with Gasteiger partial charge in [0.25, 0.3) is 0 Å². The molecule has 1 heterocycles. The maximum atomic E-state index is 11.0. The quantitative estimate of drug-likeness (QED) is 0.809. The average Bonchev–Trinajstić information content (AvgIpc) is 2.65. The number of aliphatic hydroxyl groups excluding tert-OH is 1. The summed E-state index contributed by atoms with van der Waals surface area (Å²) in [5, 5.41) is 22.4. The number of carbonyl (C=O) groups is 1. The van der Waals surface area contributed by atoms with Crippen LogP contribution in [0.3, 0.4) is 0 Å². The molecule has 0 fully saturated rings. The van der Waals surface area contributed by atoms with E-state index in [0.717, 1.165) is 5.52 Å². The highest BCUT2D eigenvalue weighted by molar-refractivity contribution is 6.01. The molecule has 2 aromatic rings. The van der Waals surface area contributed by atoms with E-state index in [9.17, 15) is 4.79 Å². The molecule has 0 radical (unpaired) electrons. The number of nitrogens with zero attached hydrogens (tertiary/aromatic N) is 2. The van der Waals surface area contributed by atoms with Gasteiger partial charge in [-0.3, -0.25) is 4.68 Å². The summed E-state index contributed by atoms with van der Waals surface area (Å²) >= 11 is 0. The van der Waals surface area contributed by atoms with Crippen molar-refractivity contribution >= 4 is 16.9 Å². The summed E-state index contributed by atoms with van der Waals surface area (Å²) in [4.78, 5) is 11.0. The van der Waals surface area contributed by atoms with Crippen LogP contribution in [0.15, 0.2) is 24.3 Å². The number of aryl methyl sites for hydroxylation is 1. The van der Waals surface area contributed by atoms with Crippen molar-refractivity contribution in [1.82, 2.24) is 9.78 Å². The first kappa shape index (κ1) is 10.6. The summed E-state index contributed by atoms with van der Waals surface area (Å²) in [6.07, 6.45) is 0.560. The SMILES string of the molecule is O=C(O)c1nn(CCCO)c2ccccc12. The molecule has 5 heteroatoms. The lowest BCUT2D eigenvalue weighted by Gasteiger charge is -2.00. The van der Waals surface area contributed by atoms with Gasteiger partial charge in [-0.2, -0.15) is 5.10 Å². The Kier molecular flexibility index (Phi) is 2.87. The Morgan fingerprint density at radius 2 is 2.12 bits per heavy atom. The summed E-state index contributed by atoms with van der Waals surface area (Å²) in [6.45, 7) is 0.584. The third kappa shape index (κ3) is 1.77. The monoisotopic (exact) mass is 220 g/mol. The topological polar surface area (TPSA) is 75.3 Å². The van der Waals surface area contributed by atoms with E-state index in [0.29, 0.717) is 18.4 Å². The molecule has 0 amide bonds. The van der Waals surface area contributed by atoms with Crippen molar-refractivity contribution in [1.29, 1.82) is 0 Å². The number of aliphatic hydroxyl groups is 1. The summed E-state index contributed by atoms with van der Waals surface area (Å²) < 4.78 is 1.62. The van der Waals surface area contributed by atoms with Gasteiger partial charge in [-0.05, 0) is 12.5 Å². The lowest BCUT2D eigenvalue weighted by atomic mass is 10.2. The molecule has 5 nitrogen and oxygen atoms in total. The molecule has 0 bridgehead atoms. The number of aromatic nitrogens is 2. The number of carboxylic acids is 1. The van der Waals surface area contributed by atoms with E-state index in [-0.39, 0.29) is 12.3 Å². The fourth-order valence-electron chi connectivity index (χ4n) is 1.68. The first-order valence-corrected chi connectivity index (χ1v) is 5.03. The zero-order chi connectivity index (χ0) is 11.5. The van der Waals surface area contributed by atoms with Crippen LogP contribution in [0.4, 0.5) is 0 Å². The summed E-state index contributed by atoms with van der Waals surface area (Å²) in [5.74, 6) is -1.03. The van der Waals surface area contributed by atoms with Gasteiger partial charge in [-0.15, -0.1) is 0 Å². The third-order valence-corrected chi connectivity index (χ3v) is 2.39. The van der Waals surface area contributed by atoms with Crippen LogP contribution in [0, 0.1) is 0 Å². The second-order valence-corrected chi connectivity index (χ2v) is 3.47. The summed E-state index contributed by atoms with van der Waals surface area (Å²) in [7, 11) is 0. The molecular weight excluding hydrogens is 208 g/mol. The minimum Gasteiger partial charge on any atom is -0.476 e. The van der Waals surface area contributed by atoms with Gasteiger partial charge in [-0.1, -0.05) is 18.2 Å². The summed E-state index contributed by atoms with van der Waals surface area (Å²) in [5.41, 5.74) is 0.849. The molecule has 1 aromatic carbocycles. The number of hydrogen-bond acceptors (Lipinski definition) is 3. The molecule has 0 spiro atoms. The molecule has 1 aromatic heterocycles. The molecule has 0 saturated heterocycles. The lowest BCUT2D eigenvalue weighted by molar-refractivity contribution is 0.0691. The van der Waals surface area contributed by atoms with Gasteiger partial charge >= 0.3 is 5.97 Å². The van der Waals surface area contributed by atoms with Crippen LogP contribution in [0.25, 0.3) is 10.9 Å². The Bertz CT molecular complexity index is 519. The van der Waals surface area contributed by atoms with Crippen LogP contribution in [-0.2, 0) is 6.54 Å². The van der Waals surface area contributed by atoms with E-state index in [1.807, 2.05) is 12.1 Å². The molecule has 0 aliphatic carbocycles. The van der Waals surface area contributed by atoms with Crippen LogP contribution < -0.4 is 0 Å². The van der Waals surface area contributed by atoms with Crippen molar-refractivity contribution in [3.05, 3.63) is 30.0 Å². The van der Waals surface area contributed by atoms with E-state index in [2.05, 4.69) is 5.10 Å². The zero-order valence-electron chi connectivity index (χ0n) is 8.63. The Morgan fingerprint density at radius 1 is 1.38 bits per heavy atom. The maximum absolute atomic E-state index is 11.0. The van der Waals surface area contributed by atoms with Gasteiger partial charge in [0.1, 0.15) is 0 Å². The van der Waals surface area contributed by atoms with Crippen LogP contribution in [-0.4, -0.2) is 32.6 Å². The fraction of sp³-hybridized carbons (Fsp3) is 0.273. The van der Waals surface area contributed by atoms with E-state index in [1.165, 1.54) is 0 Å². The zero-order valence-corrected chi connectivity index (χ0v) is 8.63. The van der Waals surface area contributed by atoms with E-state index < -0.39 is 5.97 Å². The van der Waals surface area contributed by atoms with Crippen LogP contribution in [0.5, 0.6) is 0 Å². The number of carboxylic acid groups (broad SMARTS) is 1. The van der Waals surface area contributed by atoms with Gasteiger partial charge in [-0.25, -0.2) is 4.79 Å². The van der Waals surface area contributed by atoms with Crippen molar-refractivity contribution in [2.24, 2.45) is 0 Å². The average molecular weight is 220 g/mol. The first-order chi connectivity index (χ1) is 7.74. The lowest BCUT2D eigenvalue weighted by Crippen LogP contribution is -2.04. The second-order valence-electron chi connectivity index (χ2n) is 3.47. The highest BCUT2D eigenvalue weighted by atomic mass is 16.4. The Labute approximate surface area is 91.9 Å². The standard InChI is InChI=1S/C11H12N2O3/c14-7-3-6-13-9-5-2-1-4-8(9)10(12-13)11(15)16/h1-2,4-5,14H,3,6-7H2,(H,15,16). The number of fused-ring (bicyclic) bond motifs is 1. The van der Waals surface area contributed by atoms with Gasteiger partial charge in [0.05, 0.1) is 5.52 Å².